The van der Waals surface area contributed by atoms with Crippen LogP contribution in [-0.4, -0.2) is 33.2 Å². The van der Waals surface area contributed by atoms with Crippen molar-refractivity contribution in [1.29, 1.82) is 0 Å². The second-order valence-electron chi connectivity index (χ2n) is 7.01. The van der Waals surface area contributed by atoms with Gasteiger partial charge in [0.1, 0.15) is 0 Å². The second kappa shape index (κ2) is 19.9. The first-order chi connectivity index (χ1) is 12.4. The molecule has 0 amide bonds. The van der Waals surface area contributed by atoms with E-state index in [1.165, 1.54) is 12.2 Å². The van der Waals surface area contributed by atoms with Gasteiger partial charge in [-0.05, 0) is 30.6 Å². The molecule has 6 heteroatoms. The molecule has 0 fully saturated rings. The van der Waals surface area contributed by atoms with Gasteiger partial charge in [0.2, 0.25) is 0 Å². The summed E-state index contributed by atoms with van der Waals surface area (Å²) in [6.07, 6.45) is 11.1. The van der Waals surface area contributed by atoms with Gasteiger partial charge in [-0.2, -0.15) is 0 Å². The molecule has 0 spiro atoms. The SMILES string of the molecule is CC(C)/C=C\CC(=O)O.CC(C)C/C=C/C(=O)O.CC(C)C/C=C\C(=O)O. The Labute approximate surface area is 163 Å². The minimum atomic E-state index is -0.865. The maximum absolute atomic E-state index is 9.93. The highest BCUT2D eigenvalue weighted by Crippen LogP contribution is 1.99. The lowest BCUT2D eigenvalue weighted by Gasteiger charge is -1.94. The Bertz CT molecular complexity index is 455. The number of hydrogen-bond donors (Lipinski definition) is 3. The average molecular weight is 385 g/mol. The fourth-order valence-corrected chi connectivity index (χ4v) is 1.32. The van der Waals surface area contributed by atoms with Crippen molar-refractivity contribution in [2.24, 2.45) is 17.8 Å². The molecule has 27 heavy (non-hydrogen) atoms. The summed E-state index contributed by atoms with van der Waals surface area (Å²) in [5.74, 6) is -0.969. The van der Waals surface area contributed by atoms with Crippen LogP contribution >= 0.6 is 0 Å². The summed E-state index contributed by atoms with van der Waals surface area (Å²) >= 11 is 0. The molecule has 0 aromatic carbocycles. The number of carbonyl (C=O) groups is 3. The van der Waals surface area contributed by atoms with E-state index < -0.39 is 17.9 Å². The predicted molar refractivity (Wildman–Crippen MR) is 109 cm³/mol. The molecule has 0 radical (unpaired) electrons. The molecule has 0 aromatic rings. The minimum Gasteiger partial charge on any atom is -0.481 e. The standard InChI is InChI=1S/3C7H12O2/c3*1-6(2)4-3-5-7(8)9/h2*3,5-6H,4H2,1-2H3,(H,8,9);3-4,6H,5H2,1-2H3,(H,8,9)/b5-3+;5-3-;4-3-. The van der Waals surface area contributed by atoms with E-state index in [-0.39, 0.29) is 6.42 Å². The van der Waals surface area contributed by atoms with Crippen LogP contribution in [-0.2, 0) is 14.4 Å². The number of hydrogen-bond acceptors (Lipinski definition) is 3. The van der Waals surface area contributed by atoms with E-state index in [4.69, 9.17) is 15.3 Å². The molecule has 0 rings (SSSR count). The van der Waals surface area contributed by atoms with Crippen LogP contribution in [0.4, 0.5) is 0 Å². The molecule has 6 nitrogen and oxygen atoms in total. The highest BCUT2D eigenvalue weighted by atomic mass is 16.4. The summed E-state index contributed by atoms with van der Waals surface area (Å²) in [7, 11) is 0. The molecule has 0 heterocycles. The third-order valence-electron chi connectivity index (χ3n) is 2.55. The Kier molecular flexibility index (Phi) is 21.7. The van der Waals surface area contributed by atoms with Crippen LogP contribution in [0.1, 0.15) is 60.8 Å². The maximum Gasteiger partial charge on any atom is 0.327 e. The topological polar surface area (TPSA) is 112 Å². The fraction of sp³-hybridized carbons (Fsp3) is 0.571. The smallest absolute Gasteiger partial charge is 0.327 e. The van der Waals surface area contributed by atoms with Gasteiger partial charge in [0, 0.05) is 12.2 Å². The lowest BCUT2D eigenvalue weighted by atomic mass is 10.1. The molecule has 0 unspecified atom stereocenters. The number of rotatable bonds is 9. The molecular formula is C21H36O6. The van der Waals surface area contributed by atoms with Gasteiger partial charge < -0.3 is 15.3 Å². The predicted octanol–water partition coefficient (Wildman–Crippen LogP) is 5.02. The molecule has 3 N–H and O–H groups in total. The number of carboxylic acids is 3. The van der Waals surface area contributed by atoms with Gasteiger partial charge in [0.15, 0.2) is 0 Å². The first-order valence-electron chi connectivity index (χ1n) is 9.05. The number of aliphatic carboxylic acids is 3. The van der Waals surface area contributed by atoms with Crippen molar-refractivity contribution in [2.45, 2.75) is 60.8 Å². The van der Waals surface area contributed by atoms with E-state index in [1.807, 2.05) is 47.6 Å². The molecule has 0 saturated carbocycles. The molecule has 0 aliphatic heterocycles. The lowest BCUT2D eigenvalue weighted by molar-refractivity contribution is -0.136. The molecule has 0 aliphatic carbocycles. The van der Waals surface area contributed by atoms with E-state index in [1.54, 1.807) is 18.2 Å². The average Bonchev–Trinajstić information content (AvgIpc) is 2.46. The summed E-state index contributed by atoms with van der Waals surface area (Å²) in [5.41, 5.74) is 0. The van der Waals surface area contributed by atoms with Gasteiger partial charge in [-0.3, -0.25) is 4.79 Å². The van der Waals surface area contributed by atoms with Crippen LogP contribution in [0.25, 0.3) is 0 Å². The fourth-order valence-electron chi connectivity index (χ4n) is 1.32. The van der Waals surface area contributed by atoms with Crippen molar-refractivity contribution in [3.63, 3.8) is 0 Å². The zero-order valence-corrected chi connectivity index (χ0v) is 17.4. The zero-order valence-electron chi connectivity index (χ0n) is 17.4. The Balaban J connectivity index is -0.000000320. The van der Waals surface area contributed by atoms with Crippen LogP contribution in [0.5, 0.6) is 0 Å². The van der Waals surface area contributed by atoms with Gasteiger partial charge in [-0.25, -0.2) is 9.59 Å². The zero-order chi connectivity index (χ0) is 21.8. The van der Waals surface area contributed by atoms with E-state index in [9.17, 15) is 14.4 Å². The van der Waals surface area contributed by atoms with Crippen molar-refractivity contribution in [3.8, 4) is 0 Å². The highest BCUT2D eigenvalue weighted by molar-refractivity contribution is 5.79. The summed E-state index contributed by atoms with van der Waals surface area (Å²) in [5, 5.41) is 24.5. The molecule has 0 aromatic heterocycles. The normalized spacial score (nSPS) is 11.0. The van der Waals surface area contributed by atoms with Crippen LogP contribution in [0.15, 0.2) is 36.5 Å². The van der Waals surface area contributed by atoms with Gasteiger partial charge in [-0.15, -0.1) is 0 Å². The Hall–Kier alpha value is -2.37. The van der Waals surface area contributed by atoms with Gasteiger partial charge in [0.25, 0.3) is 0 Å². The number of allylic oxidation sites excluding steroid dienone is 3. The molecule has 0 atom stereocenters. The van der Waals surface area contributed by atoms with E-state index in [2.05, 4.69) is 0 Å². The molecule has 0 saturated heterocycles. The van der Waals surface area contributed by atoms with E-state index in [0.717, 1.165) is 12.8 Å². The Morgan fingerprint density at radius 2 is 1.07 bits per heavy atom. The van der Waals surface area contributed by atoms with Crippen LogP contribution < -0.4 is 0 Å². The maximum atomic E-state index is 9.93. The van der Waals surface area contributed by atoms with Crippen molar-refractivity contribution in [1.82, 2.24) is 0 Å². The van der Waals surface area contributed by atoms with Crippen LogP contribution in [0.3, 0.4) is 0 Å². The van der Waals surface area contributed by atoms with Gasteiger partial charge in [0.05, 0.1) is 6.42 Å². The van der Waals surface area contributed by atoms with Crippen molar-refractivity contribution >= 4 is 17.9 Å². The number of carboxylic acid groups (broad SMARTS) is 3. The quantitative estimate of drug-likeness (QED) is 0.380. The Morgan fingerprint density at radius 1 is 0.704 bits per heavy atom. The summed E-state index contributed by atoms with van der Waals surface area (Å²) in [4.78, 5) is 29.7. The monoisotopic (exact) mass is 384 g/mol. The molecule has 0 aliphatic rings. The molecule has 0 bridgehead atoms. The Morgan fingerprint density at radius 3 is 1.30 bits per heavy atom. The summed E-state index contributed by atoms with van der Waals surface area (Å²) < 4.78 is 0. The van der Waals surface area contributed by atoms with E-state index in [0.29, 0.717) is 17.8 Å². The second-order valence-corrected chi connectivity index (χ2v) is 7.01. The van der Waals surface area contributed by atoms with Crippen molar-refractivity contribution in [3.05, 3.63) is 36.5 Å². The van der Waals surface area contributed by atoms with Crippen LogP contribution in [0, 0.1) is 17.8 Å². The summed E-state index contributed by atoms with van der Waals surface area (Å²) in [6, 6.07) is 0. The van der Waals surface area contributed by atoms with Crippen LogP contribution in [0.2, 0.25) is 0 Å². The third-order valence-corrected chi connectivity index (χ3v) is 2.55. The first-order valence-corrected chi connectivity index (χ1v) is 9.05. The first kappa shape index (κ1) is 29.4. The van der Waals surface area contributed by atoms with Crippen molar-refractivity contribution < 1.29 is 29.7 Å². The molecule has 156 valence electrons. The van der Waals surface area contributed by atoms with Gasteiger partial charge >= 0.3 is 17.9 Å². The lowest BCUT2D eigenvalue weighted by Crippen LogP contribution is -1.90. The van der Waals surface area contributed by atoms with E-state index >= 15 is 0 Å². The minimum absolute atomic E-state index is 0.137. The molecular weight excluding hydrogens is 348 g/mol. The summed E-state index contributed by atoms with van der Waals surface area (Å²) in [6.45, 7) is 12.2. The van der Waals surface area contributed by atoms with Crippen molar-refractivity contribution in [2.75, 3.05) is 0 Å². The van der Waals surface area contributed by atoms with Gasteiger partial charge in [-0.1, -0.05) is 65.8 Å². The highest BCUT2D eigenvalue weighted by Gasteiger charge is 1.90. The largest absolute Gasteiger partial charge is 0.481 e. The third kappa shape index (κ3) is 45.3.